The zero-order valence-electron chi connectivity index (χ0n) is 12.1. The van der Waals surface area contributed by atoms with E-state index in [1.807, 2.05) is 12.1 Å². The molecule has 5 nitrogen and oxygen atoms in total. The van der Waals surface area contributed by atoms with Crippen LogP contribution in [0.15, 0.2) is 33.5 Å². The molecule has 2 atom stereocenters. The van der Waals surface area contributed by atoms with Gasteiger partial charge in [-0.1, -0.05) is 22.4 Å². The molecular formula is C16H18BrN3O2. The smallest absolute Gasteiger partial charge is 0.252 e. The Labute approximate surface area is 136 Å². The van der Waals surface area contributed by atoms with Crippen molar-refractivity contribution >= 4 is 32.7 Å². The van der Waals surface area contributed by atoms with Crippen molar-refractivity contribution in [1.29, 1.82) is 0 Å². The molecule has 0 aliphatic heterocycles. The fraction of sp³-hybridized carbons (Fsp3) is 0.375. The number of rotatable bonds is 3. The van der Waals surface area contributed by atoms with E-state index in [-0.39, 0.29) is 17.5 Å². The predicted molar refractivity (Wildman–Crippen MR) is 89.9 cm³/mol. The van der Waals surface area contributed by atoms with E-state index in [2.05, 4.69) is 26.2 Å². The Kier molecular flexibility index (Phi) is 4.31. The van der Waals surface area contributed by atoms with Crippen molar-refractivity contribution in [2.45, 2.75) is 25.3 Å². The van der Waals surface area contributed by atoms with Crippen molar-refractivity contribution in [2.24, 2.45) is 11.7 Å². The third-order valence-electron chi connectivity index (χ3n) is 4.33. The molecule has 1 aliphatic rings. The van der Waals surface area contributed by atoms with Crippen LogP contribution in [0.25, 0.3) is 10.9 Å². The van der Waals surface area contributed by atoms with Gasteiger partial charge in [0.05, 0.1) is 5.56 Å². The van der Waals surface area contributed by atoms with E-state index < -0.39 is 0 Å². The first kappa shape index (κ1) is 15.2. The third-order valence-corrected chi connectivity index (χ3v) is 4.82. The molecule has 2 aromatic rings. The Morgan fingerprint density at radius 1 is 1.36 bits per heavy atom. The quantitative estimate of drug-likeness (QED) is 0.780. The Balaban J connectivity index is 1.96. The third kappa shape index (κ3) is 2.94. The molecule has 22 heavy (non-hydrogen) atoms. The Bertz CT molecular complexity index is 772. The van der Waals surface area contributed by atoms with Crippen molar-refractivity contribution < 1.29 is 4.79 Å². The number of carbonyl (C=O) groups is 1. The lowest BCUT2D eigenvalue weighted by atomic mass is 10.0. The number of nitrogens with one attached hydrogen (secondary N) is 2. The molecule has 6 heteroatoms. The zero-order valence-corrected chi connectivity index (χ0v) is 13.7. The average molecular weight is 364 g/mol. The Hall–Kier alpha value is -1.66. The summed E-state index contributed by atoms with van der Waals surface area (Å²) in [4.78, 5) is 27.2. The second-order valence-corrected chi connectivity index (χ2v) is 6.66. The van der Waals surface area contributed by atoms with Gasteiger partial charge >= 0.3 is 0 Å². The summed E-state index contributed by atoms with van der Waals surface area (Å²) in [5.74, 6) is 0.114. The van der Waals surface area contributed by atoms with Crippen LogP contribution in [0.4, 0.5) is 0 Å². The molecule has 1 fully saturated rings. The van der Waals surface area contributed by atoms with E-state index >= 15 is 0 Å². The van der Waals surface area contributed by atoms with Gasteiger partial charge in [0.2, 0.25) is 5.56 Å². The summed E-state index contributed by atoms with van der Waals surface area (Å²) in [6.07, 6.45) is 3.07. The zero-order chi connectivity index (χ0) is 15.7. The van der Waals surface area contributed by atoms with Crippen molar-refractivity contribution in [3.63, 3.8) is 0 Å². The summed E-state index contributed by atoms with van der Waals surface area (Å²) in [7, 11) is 0. The van der Waals surface area contributed by atoms with Crippen LogP contribution in [0.5, 0.6) is 0 Å². The first-order valence-electron chi connectivity index (χ1n) is 7.42. The molecule has 1 heterocycles. The maximum absolute atomic E-state index is 12.6. The number of amides is 1. The minimum atomic E-state index is -0.276. The van der Waals surface area contributed by atoms with Crippen molar-refractivity contribution in [2.75, 3.05) is 6.54 Å². The summed E-state index contributed by atoms with van der Waals surface area (Å²) >= 11 is 3.40. The van der Waals surface area contributed by atoms with Gasteiger partial charge in [-0.3, -0.25) is 9.59 Å². The Morgan fingerprint density at radius 2 is 2.18 bits per heavy atom. The molecule has 1 amide bonds. The monoisotopic (exact) mass is 363 g/mol. The second kappa shape index (κ2) is 6.22. The molecule has 0 spiro atoms. The van der Waals surface area contributed by atoms with Crippen LogP contribution in [0.2, 0.25) is 0 Å². The number of hydrogen-bond acceptors (Lipinski definition) is 3. The van der Waals surface area contributed by atoms with Crippen molar-refractivity contribution in [3.05, 3.63) is 44.7 Å². The minimum absolute atomic E-state index is 0.0963. The number of fused-ring (bicyclic) bond motifs is 1. The van der Waals surface area contributed by atoms with E-state index in [1.54, 1.807) is 6.07 Å². The molecule has 0 radical (unpaired) electrons. The summed E-state index contributed by atoms with van der Waals surface area (Å²) in [6.45, 7) is 0.576. The maximum Gasteiger partial charge on any atom is 0.252 e. The molecule has 1 aromatic carbocycles. The lowest BCUT2D eigenvalue weighted by Gasteiger charge is -2.19. The van der Waals surface area contributed by atoms with Gasteiger partial charge in [0, 0.05) is 27.5 Å². The van der Waals surface area contributed by atoms with Crippen LogP contribution in [0.1, 0.15) is 29.6 Å². The number of halogens is 1. The van der Waals surface area contributed by atoms with E-state index in [0.29, 0.717) is 23.5 Å². The molecule has 3 rings (SSSR count). The van der Waals surface area contributed by atoms with Crippen LogP contribution < -0.4 is 16.6 Å². The lowest BCUT2D eigenvalue weighted by molar-refractivity contribution is 0.0930. The number of benzene rings is 1. The second-order valence-electron chi connectivity index (χ2n) is 5.74. The minimum Gasteiger partial charge on any atom is -0.349 e. The first-order valence-corrected chi connectivity index (χ1v) is 8.21. The highest BCUT2D eigenvalue weighted by Gasteiger charge is 2.28. The van der Waals surface area contributed by atoms with Gasteiger partial charge in [-0.2, -0.15) is 0 Å². The van der Waals surface area contributed by atoms with Crippen molar-refractivity contribution in [1.82, 2.24) is 10.3 Å². The van der Waals surface area contributed by atoms with Crippen molar-refractivity contribution in [3.8, 4) is 0 Å². The lowest BCUT2D eigenvalue weighted by Crippen LogP contribution is -2.40. The van der Waals surface area contributed by atoms with Crippen LogP contribution in [0, 0.1) is 5.92 Å². The van der Waals surface area contributed by atoms with E-state index in [9.17, 15) is 9.59 Å². The number of aromatic nitrogens is 1. The number of pyridine rings is 1. The number of aromatic amines is 1. The van der Waals surface area contributed by atoms with Gasteiger partial charge in [-0.15, -0.1) is 0 Å². The maximum atomic E-state index is 12.6. The van der Waals surface area contributed by atoms with Gasteiger partial charge in [0.1, 0.15) is 0 Å². The molecule has 1 saturated carbocycles. The largest absolute Gasteiger partial charge is 0.349 e. The summed E-state index contributed by atoms with van der Waals surface area (Å²) in [5.41, 5.74) is 6.55. The van der Waals surface area contributed by atoms with Gasteiger partial charge in [-0.05, 0) is 43.5 Å². The van der Waals surface area contributed by atoms with Gasteiger partial charge in [0.15, 0.2) is 0 Å². The standard InChI is InChI=1S/C16H18BrN3O2/c17-10-4-5-14-11(6-10)12(7-15(21)19-14)16(22)20-13-3-1-2-9(13)8-18/h4-7,9,13H,1-3,8,18H2,(H,19,21)(H,20,22). The normalized spacial score (nSPS) is 21.2. The Morgan fingerprint density at radius 3 is 2.95 bits per heavy atom. The number of hydrogen-bond donors (Lipinski definition) is 3. The van der Waals surface area contributed by atoms with E-state index in [4.69, 9.17) is 5.73 Å². The molecule has 1 aromatic heterocycles. The van der Waals surface area contributed by atoms with Crippen LogP contribution in [-0.2, 0) is 0 Å². The van der Waals surface area contributed by atoms with Crippen LogP contribution in [0.3, 0.4) is 0 Å². The highest BCUT2D eigenvalue weighted by molar-refractivity contribution is 9.10. The topological polar surface area (TPSA) is 88.0 Å². The molecule has 4 N–H and O–H groups in total. The number of H-pyrrole nitrogens is 1. The molecule has 0 bridgehead atoms. The van der Waals surface area contributed by atoms with Gasteiger partial charge in [-0.25, -0.2) is 0 Å². The first-order chi connectivity index (χ1) is 10.6. The highest BCUT2D eigenvalue weighted by atomic mass is 79.9. The fourth-order valence-corrected chi connectivity index (χ4v) is 3.53. The molecule has 2 unspecified atom stereocenters. The fourth-order valence-electron chi connectivity index (χ4n) is 3.17. The van der Waals surface area contributed by atoms with Crippen LogP contribution in [-0.4, -0.2) is 23.5 Å². The SMILES string of the molecule is NCC1CCCC1NC(=O)c1cc(=O)[nH]c2ccc(Br)cc12. The van der Waals surface area contributed by atoms with Crippen LogP contribution >= 0.6 is 15.9 Å². The van der Waals surface area contributed by atoms with E-state index in [0.717, 1.165) is 29.1 Å². The molecular weight excluding hydrogens is 346 g/mol. The summed E-state index contributed by atoms with van der Waals surface area (Å²) < 4.78 is 0.863. The van der Waals surface area contributed by atoms with Gasteiger partial charge in [0.25, 0.3) is 5.91 Å². The highest BCUT2D eigenvalue weighted by Crippen LogP contribution is 2.26. The molecule has 1 aliphatic carbocycles. The van der Waals surface area contributed by atoms with E-state index in [1.165, 1.54) is 6.07 Å². The number of carbonyl (C=O) groups excluding carboxylic acids is 1. The number of nitrogens with two attached hydrogens (primary N) is 1. The summed E-state index contributed by atoms with van der Waals surface area (Å²) in [5, 5.41) is 3.78. The summed E-state index contributed by atoms with van der Waals surface area (Å²) in [6, 6.07) is 6.92. The molecule has 0 saturated heterocycles. The van der Waals surface area contributed by atoms with Gasteiger partial charge < -0.3 is 16.0 Å². The predicted octanol–water partition coefficient (Wildman–Crippen LogP) is 2.15. The molecule has 116 valence electrons. The average Bonchev–Trinajstić information content (AvgIpc) is 2.94.